The molecule has 0 unspecified atom stereocenters. The van der Waals surface area contributed by atoms with Gasteiger partial charge in [-0.15, -0.1) is 22.7 Å². The van der Waals surface area contributed by atoms with Gasteiger partial charge in [-0.05, 0) is 55.5 Å². The van der Waals surface area contributed by atoms with Crippen LogP contribution in [0.25, 0.3) is 20.4 Å². The van der Waals surface area contributed by atoms with Crippen LogP contribution in [0.15, 0.2) is 73.8 Å². The number of aromatic nitrogens is 2. The van der Waals surface area contributed by atoms with Crippen molar-refractivity contribution in [2.75, 3.05) is 23.4 Å². The number of ether oxygens (including phenoxy) is 1. The zero-order valence-electron chi connectivity index (χ0n) is 19.5. The van der Waals surface area contributed by atoms with Crippen molar-refractivity contribution in [3.05, 3.63) is 70.7 Å². The topological polar surface area (TPSA) is 81.2 Å². The van der Waals surface area contributed by atoms with Crippen LogP contribution in [0.1, 0.15) is 17.3 Å². The van der Waals surface area contributed by atoms with Crippen LogP contribution in [0, 0.1) is 0 Å². The van der Waals surface area contributed by atoms with Crippen LogP contribution < -0.4 is 10.1 Å². The van der Waals surface area contributed by atoms with Gasteiger partial charge in [-0.2, -0.15) is 0 Å². The highest BCUT2D eigenvalue weighted by Gasteiger charge is 2.12. The Morgan fingerprint density at radius 3 is 2.24 bits per heavy atom. The molecule has 0 aliphatic carbocycles. The van der Waals surface area contributed by atoms with Crippen molar-refractivity contribution in [3.63, 3.8) is 0 Å². The highest BCUT2D eigenvalue weighted by atomic mass is 79.9. The fourth-order valence-corrected chi connectivity index (χ4v) is 7.58. The van der Waals surface area contributed by atoms with Crippen LogP contribution in [0.5, 0.6) is 5.75 Å². The summed E-state index contributed by atoms with van der Waals surface area (Å²) in [4.78, 5) is 34.3. The Balaban J connectivity index is 1.16. The Kier molecular flexibility index (Phi) is 8.46. The lowest BCUT2D eigenvalue weighted by atomic mass is 10.2. The molecular formula is C26H20BrN3O3S4. The van der Waals surface area contributed by atoms with Gasteiger partial charge >= 0.3 is 0 Å². The number of halogens is 1. The minimum absolute atomic E-state index is 0.0602. The Morgan fingerprint density at radius 2 is 1.54 bits per heavy atom. The molecule has 2 aromatic heterocycles. The molecule has 5 aromatic rings. The maximum atomic E-state index is 12.6. The number of nitrogens with zero attached hydrogens (tertiary/aromatic N) is 2. The number of carbonyl (C=O) groups is 2. The summed E-state index contributed by atoms with van der Waals surface area (Å²) in [5.74, 6) is 1.37. The number of hydrogen-bond acceptors (Lipinski definition) is 9. The average molecular weight is 631 g/mol. The quantitative estimate of drug-likeness (QED) is 0.125. The first kappa shape index (κ1) is 26.2. The van der Waals surface area contributed by atoms with Gasteiger partial charge in [0.05, 0.1) is 38.5 Å². The monoisotopic (exact) mass is 629 g/mol. The molecule has 0 spiro atoms. The first-order valence-corrected chi connectivity index (χ1v) is 15.6. The molecule has 188 valence electrons. The first-order valence-electron chi connectivity index (χ1n) is 11.2. The van der Waals surface area contributed by atoms with Gasteiger partial charge < -0.3 is 10.1 Å². The highest BCUT2D eigenvalue weighted by molar-refractivity contribution is 9.10. The number of benzene rings is 3. The molecule has 1 N–H and O–H groups in total. The fourth-order valence-electron chi connectivity index (χ4n) is 3.42. The van der Waals surface area contributed by atoms with Gasteiger partial charge in [0.15, 0.2) is 14.5 Å². The number of ketones is 1. The number of nitrogens with one attached hydrogen (secondary N) is 1. The van der Waals surface area contributed by atoms with E-state index in [4.69, 9.17) is 4.74 Å². The summed E-state index contributed by atoms with van der Waals surface area (Å²) in [6.07, 6.45) is 0. The first-order chi connectivity index (χ1) is 18.0. The standard InChI is InChI=1S/C26H20BrN3O3S4/c1-2-33-18-8-10-20-23(12-18)37-26(30-20)35-14-24(32)28-17-7-9-19-22(11-17)36-25(29-19)34-13-21(31)15-3-5-16(27)6-4-15/h3-12H,2,13-14H2,1H3,(H,28,32). The molecular weight excluding hydrogens is 610 g/mol. The fraction of sp³-hybridized carbons (Fsp3) is 0.154. The largest absolute Gasteiger partial charge is 0.494 e. The van der Waals surface area contributed by atoms with Gasteiger partial charge in [0.2, 0.25) is 5.91 Å². The number of hydrogen-bond donors (Lipinski definition) is 1. The summed E-state index contributed by atoms with van der Waals surface area (Å²) >= 11 is 9.29. The number of fused-ring (bicyclic) bond motifs is 2. The molecule has 3 aromatic carbocycles. The van der Waals surface area contributed by atoms with Gasteiger partial charge in [-0.1, -0.05) is 51.6 Å². The Labute approximate surface area is 238 Å². The van der Waals surface area contributed by atoms with Crippen LogP contribution in [0.2, 0.25) is 0 Å². The van der Waals surface area contributed by atoms with Crippen LogP contribution in [0.4, 0.5) is 5.69 Å². The zero-order chi connectivity index (χ0) is 25.8. The van der Waals surface area contributed by atoms with Crippen molar-refractivity contribution in [3.8, 4) is 5.75 Å². The number of rotatable bonds is 10. The molecule has 5 rings (SSSR count). The molecule has 0 radical (unpaired) electrons. The molecule has 37 heavy (non-hydrogen) atoms. The van der Waals surface area contributed by atoms with Gasteiger partial charge in [0.25, 0.3) is 0 Å². The minimum Gasteiger partial charge on any atom is -0.494 e. The van der Waals surface area contributed by atoms with Crippen molar-refractivity contribution >= 4 is 99.9 Å². The lowest BCUT2D eigenvalue weighted by Crippen LogP contribution is -2.13. The molecule has 0 aliphatic heterocycles. The minimum atomic E-state index is -0.0992. The predicted octanol–water partition coefficient (Wildman–Crippen LogP) is 7.77. The smallest absolute Gasteiger partial charge is 0.234 e. The molecule has 0 saturated carbocycles. The highest BCUT2D eigenvalue weighted by Crippen LogP contribution is 2.33. The van der Waals surface area contributed by atoms with Crippen molar-refractivity contribution in [2.45, 2.75) is 15.6 Å². The third-order valence-electron chi connectivity index (χ3n) is 5.12. The second kappa shape index (κ2) is 12.0. The normalized spacial score (nSPS) is 11.2. The molecule has 2 heterocycles. The van der Waals surface area contributed by atoms with E-state index in [2.05, 4.69) is 31.2 Å². The summed E-state index contributed by atoms with van der Waals surface area (Å²) in [5.41, 5.74) is 3.15. The number of thiazole rings is 2. The van der Waals surface area contributed by atoms with E-state index in [-0.39, 0.29) is 17.4 Å². The van der Waals surface area contributed by atoms with Gasteiger partial charge in [0.1, 0.15) is 5.75 Å². The molecule has 0 atom stereocenters. The third kappa shape index (κ3) is 6.71. The number of amides is 1. The van der Waals surface area contributed by atoms with E-state index >= 15 is 0 Å². The maximum absolute atomic E-state index is 12.6. The molecule has 11 heteroatoms. The lowest BCUT2D eigenvalue weighted by molar-refractivity contribution is -0.113. The van der Waals surface area contributed by atoms with E-state index < -0.39 is 0 Å². The zero-order valence-corrected chi connectivity index (χ0v) is 24.4. The summed E-state index contributed by atoms with van der Waals surface area (Å²) in [5, 5.41) is 2.96. The van der Waals surface area contributed by atoms with Gasteiger partial charge in [0, 0.05) is 15.7 Å². The SMILES string of the molecule is CCOc1ccc2nc(SCC(=O)Nc3ccc4nc(SCC(=O)c5ccc(Br)cc5)sc4c3)sc2c1. The molecule has 0 fully saturated rings. The molecule has 6 nitrogen and oxygen atoms in total. The summed E-state index contributed by atoms with van der Waals surface area (Å²) < 4.78 is 10.2. The van der Waals surface area contributed by atoms with Crippen molar-refractivity contribution < 1.29 is 14.3 Å². The second-order valence-corrected chi connectivity index (χ2v) is 13.2. The van der Waals surface area contributed by atoms with E-state index in [0.29, 0.717) is 17.9 Å². The van der Waals surface area contributed by atoms with E-state index in [1.165, 1.54) is 34.9 Å². The third-order valence-corrected chi connectivity index (χ3v) is 9.97. The maximum Gasteiger partial charge on any atom is 0.234 e. The van der Waals surface area contributed by atoms with E-state index in [1.54, 1.807) is 11.3 Å². The van der Waals surface area contributed by atoms with E-state index in [9.17, 15) is 9.59 Å². The Morgan fingerprint density at radius 1 is 0.892 bits per heavy atom. The molecule has 0 saturated heterocycles. The Hall–Kier alpha value is -2.44. The van der Waals surface area contributed by atoms with Gasteiger partial charge in [-0.3, -0.25) is 9.59 Å². The summed E-state index contributed by atoms with van der Waals surface area (Å²) in [6, 6.07) is 18.8. The van der Waals surface area contributed by atoms with Crippen LogP contribution in [0.3, 0.4) is 0 Å². The molecule has 0 aliphatic rings. The van der Waals surface area contributed by atoms with E-state index in [0.717, 1.165) is 45.0 Å². The number of carbonyl (C=O) groups excluding carboxylic acids is 2. The van der Waals surface area contributed by atoms with Crippen LogP contribution >= 0.6 is 62.1 Å². The Bertz CT molecular complexity index is 1580. The number of thioether (sulfide) groups is 2. The average Bonchev–Trinajstić information content (AvgIpc) is 3.49. The van der Waals surface area contributed by atoms with Crippen molar-refractivity contribution in [2.24, 2.45) is 0 Å². The number of anilines is 1. The molecule has 1 amide bonds. The predicted molar refractivity (Wildman–Crippen MR) is 159 cm³/mol. The molecule has 0 bridgehead atoms. The van der Waals surface area contributed by atoms with Crippen molar-refractivity contribution in [1.82, 2.24) is 9.97 Å². The summed E-state index contributed by atoms with van der Waals surface area (Å²) in [7, 11) is 0. The van der Waals surface area contributed by atoms with Gasteiger partial charge in [-0.25, -0.2) is 9.97 Å². The van der Waals surface area contributed by atoms with Crippen LogP contribution in [-0.2, 0) is 4.79 Å². The van der Waals surface area contributed by atoms with Crippen LogP contribution in [-0.4, -0.2) is 39.8 Å². The van der Waals surface area contributed by atoms with Crippen molar-refractivity contribution in [1.29, 1.82) is 0 Å². The number of Topliss-reactive ketones (excluding diaryl/α,β-unsaturated/α-hetero) is 1. The van der Waals surface area contributed by atoms with E-state index in [1.807, 2.05) is 67.6 Å². The lowest BCUT2D eigenvalue weighted by Gasteiger charge is -2.03. The summed E-state index contributed by atoms with van der Waals surface area (Å²) in [6.45, 7) is 2.57. The second-order valence-electron chi connectivity index (χ2n) is 7.76.